The van der Waals surface area contributed by atoms with Crippen LogP contribution in [-0.2, 0) is 6.42 Å². The highest BCUT2D eigenvalue weighted by Gasteiger charge is 2.09. The number of methoxy groups -OCH3 is 1. The fourth-order valence-electron chi connectivity index (χ4n) is 1.30. The summed E-state index contributed by atoms with van der Waals surface area (Å²) in [5.74, 6) is 1.17. The Bertz CT molecular complexity index is 264. The van der Waals surface area contributed by atoms with Crippen LogP contribution in [0.4, 0.5) is 0 Å². The lowest BCUT2D eigenvalue weighted by molar-refractivity contribution is 0.135. The van der Waals surface area contributed by atoms with E-state index >= 15 is 0 Å². The molecule has 2 nitrogen and oxygen atoms in total. The van der Waals surface area contributed by atoms with Gasteiger partial charge in [0.15, 0.2) is 0 Å². The first-order valence-corrected chi connectivity index (χ1v) is 4.94. The predicted molar refractivity (Wildman–Crippen MR) is 57.5 cm³/mol. The molecule has 1 N–H and O–H groups in total. The number of rotatable bonds is 4. The molecule has 0 unspecified atom stereocenters. The maximum Gasteiger partial charge on any atom is 0.118 e. The second kappa shape index (κ2) is 5.01. The van der Waals surface area contributed by atoms with Crippen LogP contribution < -0.4 is 4.74 Å². The van der Waals surface area contributed by atoms with Crippen molar-refractivity contribution in [3.8, 4) is 5.75 Å². The van der Waals surface area contributed by atoms with Crippen LogP contribution in [0.3, 0.4) is 0 Å². The van der Waals surface area contributed by atoms with Crippen molar-refractivity contribution in [2.24, 2.45) is 5.92 Å². The average molecular weight is 194 g/mol. The fraction of sp³-hybridized carbons (Fsp3) is 0.500. The van der Waals surface area contributed by atoms with E-state index in [1.165, 1.54) is 5.56 Å². The van der Waals surface area contributed by atoms with Crippen molar-refractivity contribution < 1.29 is 9.84 Å². The zero-order valence-corrected chi connectivity index (χ0v) is 9.03. The first kappa shape index (κ1) is 11.1. The summed E-state index contributed by atoms with van der Waals surface area (Å²) in [7, 11) is 1.66. The van der Waals surface area contributed by atoms with Crippen molar-refractivity contribution in [1.82, 2.24) is 0 Å². The van der Waals surface area contributed by atoms with Crippen molar-refractivity contribution in [3.05, 3.63) is 29.8 Å². The molecule has 0 fully saturated rings. The molecule has 0 saturated carbocycles. The van der Waals surface area contributed by atoms with Gasteiger partial charge in [0.2, 0.25) is 0 Å². The lowest BCUT2D eigenvalue weighted by atomic mass is 9.97. The highest BCUT2D eigenvalue weighted by molar-refractivity contribution is 5.27. The molecule has 2 atom stereocenters. The van der Waals surface area contributed by atoms with Crippen LogP contribution in [0.5, 0.6) is 5.75 Å². The van der Waals surface area contributed by atoms with Crippen LogP contribution in [0.1, 0.15) is 19.4 Å². The van der Waals surface area contributed by atoms with Gasteiger partial charge in [-0.1, -0.05) is 19.1 Å². The van der Waals surface area contributed by atoms with Crippen molar-refractivity contribution in [3.63, 3.8) is 0 Å². The number of aliphatic hydroxyl groups excluding tert-OH is 1. The molecule has 0 aliphatic carbocycles. The Morgan fingerprint density at radius 2 is 1.79 bits per heavy atom. The normalized spacial score (nSPS) is 14.9. The monoisotopic (exact) mass is 194 g/mol. The Labute approximate surface area is 85.5 Å². The van der Waals surface area contributed by atoms with Gasteiger partial charge in [0, 0.05) is 0 Å². The first-order chi connectivity index (χ1) is 6.63. The van der Waals surface area contributed by atoms with Crippen LogP contribution in [0, 0.1) is 5.92 Å². The average Bonchev–Trinajstić information content (AvgIpc) is 2.19. The van der Waals surface area contributed by atoms with E-state index in [1.807, 2.05) is 31.2 Å². The Hall–Kier alpha value is -1.02. The van der Waals surface area contributed by atoms with Gasteiger partial charge in [-0.3, -0.25) is 0 Å². The van der Waals surface area contributed by atoms with Crippen LogP contribution in [0.25, 0.3) is 0 Å². The van der Waals surface area contributed by atoms with Crippen molar-refractivity contribution >= 4 is 0 Å². The molecule has 0 bridgehead atoms. The summed E-state index contributed by atoms with van der Waals surface area (Å²) < 4.78 is 5.07. The number of hydrogen-bond donors (Lipinski definition) is 1. The topological polar surface area (TPSA) is 29.5 Å². The minimum Gasteiger partial charge on any atom is -0.497 e. The largest absolute Gasteiger partial charge is 0.497 e. The first-order valence-electron chi connectivity index (χ1n) is 4.94. The molecule has 0 aliphatic heterocycles. The second-order valence-corrected chi connectivity index (χ2v) is 3.77. The van der Waals surface area contributed by atoms with Gasteiger partial charge < -0.3 is 9.84 Å². The van der Waals surface area contributed by atoms with E-state index in [4.69, 9.17) is 4.74 Å². The lowest BCUT2D eigenvalue weighted by Gasteiger charge is -2.14. The smallest absolute Gasteiger partial charge is 0.118 e. The molecule has 0 aromatic heterocycles. The van der Waals surface area contributed by atoms with Crippen molar-refractivity contribution in [2.75, 3.05) is 7.11 Å². The molecule has 0 spiro atoms. The Balaban J connectivity index is 2.59. The molecule has 1 aromatic rings. The van der Waals surface area contributed by atoms with Gasteiger partial charge in [0.05, 0.1) is 13.2 Å². The number of hydrogen-bond acceptors (Lipinski definition) is 2. The summed E-state index contributed by atoms with van der Waals surface area (Å²) >= 11 is 0. The van der Waals surface area contributed by atoms with E-state index in [-0.39, 0.29) is 6.10 Å². The summed E-state index contributed by atoms with van der Waals surface area (Å²) in [5.41, 5.74) is 1.24. The van der Waals surface area contributed by atoms with Gasteiger partial charge in [-0.2, -0.15) is 0 Å². The van der Waals surface area contributed by atoms with Crippen LogP contribution in [-0.4, -0.2) is 18.3 Å². The number of aliphatic hydroxyl groups is 1. The Kier molecular flexibility index (Phi) is 3.96. The van der Waals surface area contributed by atoms with Gasteiger partial charge >= 0.3 is 0 Å². The molecular formula is C12H18O2. The van der Waals surface area contributed by atoms with E-state index in [2.05, 4.69) is 6.92 Å². The minimum absolute atomic E-state index is 0.253. The third kappa shape index (κ3) is 3.04. The minimum atomic E-state index is -0.253. The van der Waals surface area contributed by atoms with Crippen LogP contribution in [0.2, 0.25) is 0 Å². The molecule has 0 heterocycles. The summed E-state index contributed by atoms with van der Waals surface area (Å²) in [6.07, 6.45) is 0.652. The summed E-state index contributed by atoms with van der Waals surface area (Å²) in [6.45, 7) is 3.88. The van der Waals surface area contributed by atoms with Gasteiger partial charge in [-0.25, -0.2) is 0 Å². The van der Waals surface area contributed by atoms with E-state index < -0.39 is 0 Å². The quantitative estimate of drug-likeness (QED) is 0.796. The molecule has 2 heteroatoms. The standard InChI is InChI=1S/C12H18O2/c1-9(10(2)13)8-11-4-6-12(14-3)7-5-11/h4-7,9-10,13H,8H2,1-3H3/t9-,10-/m0/s1. The number of ether oxygens (including phenoxy) is 1. The van der Waals surface area contributed by atoms with E-state index in [0.717, 1.165) is 12.2 Å². The fourth-order valence-corrected chi connectivity index (χ4v) is 1.30. The Morgan fingerprint density at radius 1 is 1.21 bits per heavy atom. The van der Waals surface area contributed by atoms with Crippen molar-refractivity contribution in [1.29, 1.82) is 0 Å². The van der Waals surface area contributed by atoms with E-state index in [9.17, 15) is 5.11 Å². The van der Waals surface area contributed by atoms with Crippen LogP contribution >= 0.6 is 0 Å². The van der Waals surface area contributed by atoms with Crippen molar-refractivity contribution in [2.45, 2.75) is 26.4 Å². The molecular weight excluding hydrogens is 176 g/mol. The zero-order valence-electron chi connectivity index (χ0n) is 9.03. The van der Waals surface area contributed by atoms with Gasteiger partial charge in [-0.05, 0) is 37.0 Å². The van der Waals surface area contributed by atoms with E-state index in [0.29, 0.717) is 5.92 Å². The molecule has 1 rings (SSSR count). The second-order valence-electron chi connectivity index (χ2n) is 3.77. The lowest BCUT2D eigenvalue weighted by Crippen LogP contribution is -2.15. The highest BCUT2D eigenvalue weighted by Crippen LogP contribution is 2.16. The third-order valence-electron chi connectivity index (χ3n) is 2.54. The molecule has 1 aromatic carbocycles. The third-order valence-corrected chi connectivity index (χ3v) is 2.54. The molecule has 0 aliphatic rings. The molecule has 78 valence electrons. The van der Waals surface area contributed by atoms with E-state index in [1.54, 1.807) is 7.11 Å². The predicted octanol–water partition coefficient (Wildman–Crippen LogP) is 2.25. The molecule has 0 amide bonds. The maximum absolute atomic E-state index is 9.36. The summed E-state index contributed by atoms with van der Waals surface area (Å²) in [4.78, 5) is 0. The van der Waals surface area contributed by atoms with Gasteiger partial charge in [-0.15, -0.1) is 0 Å². The maximum atomic E-state index is 9.36. The molecule has 14 heavy (non-hydrogen) atoms. The summed E-state index contributed by atoms with van der Waals surface area (Å²) in [6, 6.07) is 7.98. The summed E-state index contributed by atoms with van der Waals surface area (Å²) in [5, 5.41) is 9.36. The van der Waals surface area contributed by atoms with Gasteiger partial charge in [0.25, 0.3) is 0 Å². The SMILES string of the molecule is COc1ccc(C[C@H](C)[C@H](C)O)cc1. The van der Waals surface area contributed by atoms with Gasteiger partial charge in [0.1, 0.15) is 5.75 Å². The molecule has 0 saturated heterocycles. The van der Waals surface area contributed by atoms with Crippen LogP contribution in [0.15, 0.2) is 24.3 Å². The number of benzene rings is 1. The molecule has 0 radical (unpaired) electrons. The highest BCUT2D eigenvalue weighted by atomic mass is 16.5. The zero-order chi connectivity index (χ0) is 10.6. The Morgan fingerprint density at radius 3 is 2.21 bits per heavy atom.